The molecule has 1 fully saturated rings. The highest BCUT2D eigenvalue weighted by molar-refractivity contribution is 7.92. The largest absolute Gasteiger partial charge is 0.494 e. The van der Waals surface area contributed by atoms with Gasteiger partial charge in [-0.25, -0.2) is 13.4 Å². The summed E-state index contributed by atoms with van der Waals surface area (Å²) in [4.78, 5) is 10.5. The third kappa shape index (κ3) is 6.02. The van der Waals surface area contributed by atoms with Crippen LogP contribution >= 0.6 is 0 Å². The number of para-hydroxylation sites is 1. The molecule has 4 aromatic carbocycles. The molecule has 0 bridgehead atoms. The van der Waals surface area contributed by atoms with Crippen LogP contribution < -0.4 is 10.0 Å². The first-order chi connectivity index (χ1) is 20.0. The maximum atomic E-state index is 13.2. The topological polar surface area (TPSA) is 110 Å². The van der Waals surface area contributed by atoms with Gasteiger partial charge in [-0.1, -0.05) is 60.7 Å². The molecule has 0 amide bonds. The fourth-order valence-electron chi connectivity index (χ4n) is 5.08. The first-order valence-electron chi connectivity index (χ1n) is 13.6. The second-order valence-electron chi connectivity index (χ2n) is 10.0. The predicted molar refractivity (Wildman–Crippen MR) is 164 cm³/mol. The number of nitrogens with zero attached hydrogens (tertiary/aromatic N) is 2. The van der Waals surface area contributed by atoms with Gasteiger partial charge in [0.05, 0.1) is 21.9 Å². The van der Waals surface area contributed by atoms with E-state index in [2.05, 4.69) is 32.1 Å². The van der Waals surface area contributed by atoms with Crippen molar-refractivity contribution in [3.63, 3.8) is 0 Å². The standard InChI is InChI=1S/C32H31N5O3S/c38-32-30(28-21-27(15-16-29(28)35-32)41(39,40)36-26-9-5-2-6-10-26)31(24-7-3-1-4-8-24)34-25-13-11-23(12-14-25)22-37-19-17-33-18-20-37/h1-16,21,33,35-36,38H,17-20,22H2. The van der Waals surface area contributed by atoms with E-state index < -0.39 is 10.0 Å². The molecule has 1 aliphatic rings. The third-order valence-corrected chi connectivity index (χ3v) is 8.54. The summed E-state index contributed by atoms with van der Waals surface area (Å²) >= 11 is 0. The van der Waals surface area contributed by atoms with Gasteiger partial charge in [-0.15, -0.1) is 0 Å². The van der Waals surface area contributed by atoms with Crippen LogP contribution in [0.1, 0.15) is 16.7 Å². The Bertz CT molecular complexity index is 1780. The number of aromatic amines is 1. The van der Waals surface area contributed by atoms with Crippen LogP contribution in [0.3, 0.4) is 0 Å². The molecule has 6 rings (SSSR count). The number of benzene rings is 4. The summed E-state index contributed by atoms with van der Waals surface area (Å²) in [6, 6.07) is 31.2. The Hall–Kier alpha value is -4.44. The maximum Gasteiger partial charge on any atom is 0.261 e. The van der Waals surface area contributed by atoms with Crippen molar-refractivity contribution in [3.05, 3.63) is 120 Å². The highest BCUT2D eigenvalue weighted by Gasteiger charge is 2.22. The van der Waals surface area contributed by atoms with Gasteiger partial charge >= 0.3 is 0 Å². The summed E-state index contributed by atoms with van der Waals surface area (Å²) in [6.45, 7) is 4.94. The molecule has 0 unspecified atom stereocenters. The van der Waals surface area contributed by atoms with Gasteiger partial charge in [-0.3, -0.25) is 9.62 Å². The predicted octanol–water partition coefficient (Wildman–Crippen LogP) is 5.25. The van der Waals surface area contributed by atoms with Gasteiger partial charge in [0.1, 0.15) is 0 Å². The van der Waals surface area contributed by atoms with E-state index in [-0.39, 0.29) is 10.8 Å². The molecule has 41 heavy (non-hydrogen) atoms. The quantitative estimate of drug-likeness (QED) is 0.192. The smallest absolute Gasteiger partial charge is 0.261 e. The highest BCUT2D eigenvalue weighted by atomic mass is 32.2. The van der Waals surface area contributed by atoms with Crippen molar-refractivity contribution in [1.29, 1.82) is 0 Å². The minimum absolute atomic E-state index is 0.0801. The number of hydrogen-bond donors (Lipinski definition) is 4. The lowest BCUT2D eigenvalue weighted by Crippen LogP contribution is -2.42. The number of fused-ring (bicyclic) bond motifs is 1. The molecule has 2 heterocycles. The minimum Gasteiger partial charge on any atom is -0.494 e. The van der Waals surface area contributed by atoms with Crippen LogP contribution in [-0.4, -0.2) is 55.3 Å². The zero-order chi connectivity index (χ0) is 28.2. The van der Waals surface area contributed by atoms with Crippen molar-refractivity contribution in [1.82, 2.24) is 15.2 Å². The number of aromatic hydroxyl groups is 1. The van der Waals surface area contributed by atoms with Crippen LogP contribution in [0.25, 0.3) is 10.9 Å². The first kappa shape index (κ1) is 26.8. The Morgan fingerprint density at radius 3 is 2.27 bits per heavy atom. The first-order valence-corrected chi connectivity index (χ1v) is 15.0. The van der Waals surface area contributed by atoms with Crippen LogP contribution in [-0.2, 0) is 16.6 Å². The Labute approximate surface area is 239 Å². The van der Waals surface area contributed by atoms with Crippen LogP contribution in [0.5, 0.6) is 5.88 Å². The second kappa shape index (κ2) is 11.6. The molecule has 8 nitrogen and oxygen atoms in total. The van der Waals surface area contributed by atoms with E-state index in [1.54, 1.807) is 36.4 Å². The molecular weight excluding hydrogens is 534 g/mol. The van der Waals surface area contributed by atoms with Crippen molar-refractivity contribution < 1.29 is 13.5 Å². The van der Waals surface area contributed by atoms with Gasteiger partial charge in [-0.05, 0) is 48.0 Å². The third-order valence-electron chi connectivity index (χ3n) is 7.16. The van der Waals surface area contributed by atoms with Gasteiger partial charge in [0.2, 0.25) is 0 Å². The van der Waals surface area contributed by atoms with E-state index in [0.717, 1.165) is 44.0 Å². The maximum absolute atomic E-state index is 13.2. The van der Waals surface area contributed by atoms with Crippen molar-refractivity contribution in [3.8, 4) is 5.88 Å². The normalized spacial score (nSPS) is 14.8. The van der Waals surface area contributed by atoms with Gasteiger partial charge in [-0.2, -0.15) is 0 Å². The van der Waals surface area contributed by atoms with E-state index >= 15 is 0 Å². The fourth-order valence-corrected chi connectivity index (χ4v) is 6.16. The number of aliphatic imine (C=N–C) groups is 1. The van der Waals surface area contributed by atoms with E-state index in [0.29, 0.717) is 27.9 Å². The van der Waals surface area contributed by atoms with E-state index in [1.165, 1.54) is 11.6 Å². The molecule has 4 N–H and O–H groups in total. The highest BCUT2D eigenvalue weighted by Crippen LogP contribution is 2.33. The number of rotatable bonds is 8. The monoisotopic (exact) mass is 565 g/mol. The van der Waals surface area contributed by atoms with Crippen molar-refractivity contribution >= 4 is 38.0 Å². The van der Waals surface area contributed by atoms with Crippen LogP contribution in [0.2, 0.25) is 0 Å². The van der Waals surface area contributed by atoms with Gasteiger partial charge in [0.25, 0.3) is 10.0 Å². The van der Waals surface area contributed by atoms with E-state index in [9.17, 15) is 13.5 Å². The lowest BCUT2D eigenvalue weighted by atomic mass is 10.0. The van der Waals surface area contributed by atoms with Crippen LogP contribution in [0.4, 0.5) is 11.4 Å². The Morgan fingerprint density at radius 1 is 0.878 bits per heavy atom. The van der Waals surface area contributed by atoms with Crippen molar-refractivity contribution in [2.24, 2.45) is 4.99 Å². The molecule has 0 atom stereocenters. The summed E-state index contributed by atoms with van der Waals surface area (Å²) in [5.74, 6) is -0.0801. The van der Waals surface area contributed by atoms with Gasteiger partial charge in [0, 0.05) is 54.9 Å². The Balaban J connectivity index is 1.39. The van der Waals surface area contributed by atoms with E-state index in [1.807, 2.05) is 48.5 Å². The summed E-state index contributed by atoms with van der Waals surface area (Å²) in [5, 5.41) is 15.0. The number of nitrogens with one attached hydrogen (secondary N) is 3. The van der Waals surface area contributed by atoms with Gasteiger partial charge < -0.3 is 15.4 Å². The molecule has 1 saturated heterocycles. The number of sulfonamides is 1. The van der Waals surface area contributed by atoms with Crippen molar-refractivity contribution in [2.45, 2.75) is 11.4 Å². The van der Waals surface area contributed by atoms with E-state index in [4.69, 9.17) is 4.99 Å². The molecular formula is C32H31N5O3S. The number of aromatic nitrogens is 1. The molecule has 0 aliphatic carbocycles. The molecule has 1 aromatic heterocycles. The van der Waals surface area contributed by atoms with Crippen molar-refractivity contribution in [2.75, 3.05) is 30.9 Å². The zero-order valence-electron chi connectivity index (χ0n) is 22.4. The number of anilines is 1. The average molecular weight is 566 g/mol. The molecule has 9 heteroatoms. The summed E-state index contributed by atoms with van der Waals surface area (Å²) < 4.78 is 29.1. The number of H-pyrrole nitrogens is 1. The number of piperazine rings is 1. The molecule has 0 saturated carbocycles. The number of hydrogen-bond acceptors (Lipinski definition) is 6. The zero-order valence-corrected chi connectivity index (χ0v) is 23.2. The SMILES string of the molecule is O=S(=O)(Nc1ccccc1)c1ccc2[nH]c(O)c(C(=Nc3ccc(CN4CCNCC4)cc3)c3ccccc3)c2c1. The molecule has 0 radical (unpaired) electrons. The molecule has 1 aliphatic heterocycles. The molecule has 208 valence electrons. The lowest BCUT2D eigenvalue weighted by Gasteiger charge is -2.27. The summed E-state index contributed by atoms with van der Waals surface area (Å²) in [5.41, 5.74) is 4.79. The Morgan fingerprint density at radius 2 is 1.56 bits per heavy atom. The average Bonchev–Trinajstić information content (AvgIpc) is 3.33. The molecule has 0 spiro atoms. The van der Waals surface area contributed by atoms with Crippen LogP contribution in [0.15, 0.2) is 113 Å². The minimum atomic E-state index is -3.87. The fraction of sp³-hybridized carbons (Fsp3) is 0.156. The second-order valence-corrected chi connectivity index (χ2v) is 11.7. The lowest BCUT2D eigenvalue weighted by molar-refractivity contribution is 0.233. The Kier molecular flexibility index (Phi) is 7.56. The van der Waals surface area contributed by atoms with Gasteiger partial charge in [0.15, 0.2) is 5.88 Å². The van der Waals surface area contributed by atoms with Crippen LogP contribution in [0, 0.1) is 0 Å². The summed E-state index contributed by atoms with van der Waals surface area (Å²) in [7, 11) is -3.87. The summed E-state index contributed by atoms with van der Waals surface area (Å²) in [6.07, 6.45) is 0. The molecule has 5 aromatic rings.